The molecule has 0 unspecified atom stereocenters. The fourth-order valence-electron chi connectivity index (χ4n) is 2.25. The van der Waals surface area contributed by atoms with E-state index in [1.807, 2.05) is 26.8 Å². The first-order valence-electron chi connectivity index (χ1n) is 7.25. The van der Waals surface area contributed by atoms with Gasteiger partial charge in [-0.15, -0.1) is 0 Å². The van der Waals surface area contributed by atoms with Crippen LogP contribution in [0.5, 0.6) is 0 Å². The number of aryl methyl sites for hydroxylation is 1. The number of halogens is 1. The van der Waals surface area contributed by atoms with Gasteiger partial charge in [-0.05, 0) is 58.2 Å². The van der Waals surface area contributed by atoms with Crippen molar-refractivity contribution in [2.45, 2.75) is 58.2 Å². The highest BCUT2D eigenvalue weighted by atomic mass is 19.1. The predicted octanol–water partition coefficient (Wildman–Crippen LogP) is 3.60. The van der Waals surface area contributed by atoms with E-state index in [1.165, 1.54) is 6.07 Å². The zero-order chi connectivity index (χ0) is 15.6. The van der Waals surface area contributed by atoms with Crippen LogP contribution < -0.4 is 10.6 Å². The standard InChI is InChI=1S/C16H23FN2O2/c1-10-5-6-11(9-14(10)17)18-12-7-13(8-12)19-15(20)21-16(2,3)4/h5-6,9,12-13,18H,7-8H2,1-4H3,(H,19,20). The Hall–Kier alpha value is -1.78. The van der Waals surface area contributed by atoms with Gasteiger partial charge in [-0.3, -0.25) is 0 Å². The largest absolute Gasteiger partial charge is 0.444 e. The molecular formula is C16H23FN2O2. The Morgan fingerprint density at radius 3 is 2.52 bits per heavy atom. The van der Waals surface area contributed by atoms with Crippen LogP contribution in [0.1, 0.15) is 39.2 Å². The third-order valence-electron chi connectivity index (χ3n) is 3.40. The summed E-state index contributed by atoms with van der Waals surface area (Å²) in [4.78, 5) is 11.6. The number of hydrogen-bond acceptors (Lipinski definition) is 3. The highest BCUT2D eigenvalue weighted by Crippen LogP contribution is 2.25. The van der Waals surface area contributed by atoms with Gasteiger partial charge in [0.25, 0.3) is 0 Å². The molecular weight excluding hydrogens is 271 g/mol. The summed E-state index contributed by atoms with van der Waals surface area (Å²) >= 11 is 0. The van der Waals surface area contributed by atoms with Gasteiger partial charge in [-0.25, -0.2) is 9.18 Å². The number of benzene rings is 1. The van der Waals surface area contributed by atoms with Crippen molar-refractivity contribution in [3.63, 3.8) is 0 Å². The van der Waals surface area contributed by atoms with Crippen molar-refractivity contribution in [1.29, 1.82) is 0 Å². The van der Waals surface area contributed by atoms with Crippen LogP contribution in [0, 0.1) is 12.7 Å². The molecule has 1 amide bonds. The topological polar surface area (TPSA) is 50.4 Å². The fourth-order valence-corrected chi connectivity index (χ4v) is 2.25. The smallest absolute Gasteiger partial charge is 0.407 e. The van der Waals surface area contributed by atoms with Crippen LogP contribution in [-0.4, -0.2) is 23.8 Å². The van der Waals surface area contributed by atoms with Crippen molar-refractivity contribution in [3.05, 3.63) is 29.6 Å². The van der Waals surface area contributed by atoms with Gasteiger partial charge in [0.2, 0.25) is 0 Å². The molecule has 0 aliphatic heterocycles. The van der Waals surface area contributed by atoms with E-state index in [-0.39, 0.29) is 24.0 Å². The fraction of sp³-hybridized carbons (Fsp3) is 0.562. The van der Waals surface area contributed by atoms with Crippen molar-refractivity contribution in [3.8, 4) is 0 Å². The van der Waals surface area contributed by atoms with Gasteiger partial charge >= 0.3 is 6.09 Å². The van der Waals surface area contributed by atoms with Crippen molar-refractivity contribution in [2.24, 2.45) is 0 Å². The van der Waals surface area contributed by atoms with Gasteiger partial charge in [-0.1, -0.05) is 6.07 Å². The summed E-state index contributed by atoms with van der Waals surface area (Å²) in [6.45, 7) is 7.25. The summed E-state index contributed by atoms with van der Waals surface area (Å²) in [5, 5.41) is 6.10. The van der Waals surface area contributed by atoms with Crippen molar-refractivity contribution in [2.75, 3.05) is 5.32 Å². The molecule has 5 heteroatoms. The monoisotopic (exact) mass is 294 g/mol. The predicted molar refractivity (Wildman–Crippen MR) is 80.9 cm³/mol. The molecule has 4 nitrogen and oxygen atoms in total. The lowest BCUT2D eigenvalue weighted by molar-refractivity contribution is 0.0475. The Bertz CT molecular complexity index is 519. The number of carbonyl (C=O) groups is 1. The molecule has 1 aliphatic carbocycles. The molecule has 1 fully saturated rings. The van der Waals surface area contributed by atoms with Gasteiger partial charge in [0, 0.05) is 17.8 Å². The lowest BCUT2D eigenvalue weighted by Gasteiger charge is -2.37. The molecule has 2 rings (SSSR count). The molecule has 1 saturated carbocycles. The summed E-state index contributed by atoms with van der Waals surface area (Å²) in [6, 6.07) is 5.50. The third kappa shape index (κ3) is 4.62. The maximum atomic E-state index is 13.4. The summed E-state index contributed by atoms with van der Waals surface area (Å²) in [7, 11) is 0. The van der Waals surface area contributed by atoms with Crippen LogP contribution in [0.25, 0.3) is 0 Å². The molecule has 0 aromatic heterocycles. The second kappa shape index (κ2) is 5.92. The SMILES string of the molecule is Cc1ccc(NC2CC(NC(=O)OC(C)(C)C)C2)cc1F. The minimum atomic E-state index is -0.481. The maximum Gasteiger partial charge on any atom is 0.407 e. The van der Waals surface area contributed by atoms with Crippen LogP contribution in [-0.2, 0) is 4.74 Å². The van der Waals surface area contributed by atoms with Gasteiger partial charge in [0.1, 0.15) is 11.4 Å². The second-order valence-corrected chi connectivity index (χ2v) is 6.62. The van der Waals surface area contributed by atoms with Crippen LogP contribution in [0.4, 0.5) is 14.9 Å². The van der Waals surface area contributed by atoms with Crippen molar-refractivity contribution in [1.82, 2.24) is 5.32 Å². The molecule has 0 spiro atoms. The van der Waals surface area contributed by atoms with E-state index in [9.17, 15) is 9.18 Å². The number of rotatable bonds is 3. The Labute approximate surface area is 125 Å². The molecule has 0 atom stereocenters. The molecule has 2 N–H and O–H groups in total. The molecule has 1 aliphatic rings. The molecule has 0 saturated heterocycles. The number of amides is 1. The molecule has 116 valence electrons. The lowest BCUT2D eigenvalue weighted by Crippen LogP contribution is -2.50. The van der Waals surface area contributed by atoms with E-state index in [4.69, 9.17) is 4.74 Å². The highest BCUT2D eigenvalue weighted by molar-refractivity contribution is 5.68. The summed E-state index contributed by atoms with van der Waals surface area (Å²) in [5.74, 6) is -0.206. The van der Waals surface area contributed by atoms with Crippen LogP contribution in [0.15, 0.2) is 18.2 Å². The molecule has 0 radical (unpaired) electrons. The summed E-state index contributed by atoms with van der Waals surface area (Å²) in [5.41, 5.74) is 0.933. The van der Waals surface area contributed by atoms with Gasteiger partial charge in [0.05, 0.1) is 0 Å². The van der Waals surface area contributed by atoms with E-state index in [2.05, 4.69) is 10.6 Å². The molecule has 1 aromatic rings. The Kier molecular flexibility index (Phi) is 4.40. The summed E-state index contributed by atoms with van der Waals surface area (Å²) < 4.78 is 18.7. The van der Waals surface area contributed by atoms with Gasteiger partial charge in [0.15, 0.2) is 0 Å². The first-order valence-corrected chi connectivity index (χ1v) is 7.25. The first kappa shape index (κ1) is 15.6. The second-order valence-electron chi connectivity index (χ2n) is 6.62. The number of hydrogen-bond donors (Lipinski definition) is 2. The maximum absolute atomic E-state index is 13.4. The molecule has 0 bridgehead atoms. The van der Waals surface area contributed by atoms with E-state index >= 15 is 0 Å². The number of anilines is 1. The number of alkyl carbamates (subject to hydrolysis) is 1. The van der Waals surface area contributed by atoms with Crippen molar-refractivity contribution < 1.29 is 13.9 Å². The van der Waals surface area contributed by atoms with Crippen LogP contribution >= 0.6 is 0 Å². The summed E-state index contributed by atoms with van der Waals surface area (Å²) in [6.07, 6.45) is 1.25. The lowest BCUT2D eigenvalue weighted by atomic mass is 9.86. The first-order chi connectivity index (χ1) is 9.73. The minimum Gasteiger partial charge on any atom is -0.444 e. The number of ether oxygens (including phenoxy) is 1. The number of carbonyl (C=O) groups excluding carboxylic acids is 1. The van der Waals surface area contributed by atoms with E-state index < -0.39 is 5.60 Å². The van der Waals surface area contributed by atoms with E-state index in [1.54, 1.807) is 13.0 Å². The Balaban J connectivity index is 1.74. The Morgan fingerprint density at radius 2 is 1.95 bits per heavy atom. The average molecular weight is 294 g/mol. The highest BCUT2D eigenvalue weighted by Gasteiger charge is 2.31. The van der Waals surface area contributed by atoms with E-state index in [0.717, 1.165) is 18.5 Å². The normalized spacial score (nSPS) is 21.4. The van der Waals surface area contributed by atoms with Crippen molar-refractivity contribution >= 4 is 11.8 Å². The third-order valence-corrected chi connectivity index (χ3v) is 3.40. The number of nitrogens with one attached hydrogen (secondary N) is 2. The molecule has 0 heterocycles. The minimum absolute atomic E-state index is 0.118. The quantitative estimate of drug-likeness (QED) is 0.895. The van der Waals surface area contributed by atoms with Gasteiger partial charge < -0.3 is 15.4 Å². The van der Waals surface area contributed by atoms with Crippen LogP contribution in [0.2, 0.25) is 0 Å². The molecule has 1 aromatic carbocycles. The van der Waals surface area contributed by atoms with E-state index in [0.29, 0.717) is 5.56 Å². The van der Waals surface area contributed by atoms with Gasteiger partial charge in [-0.2, -0.15) is 0 Å². The zero-order valence-corrected chi connectivity index (χ0v) is 13.0. The zero-order valence-electron chi connectivity index (χ0n) is 13.0. The van der Waals surface area contributed by atoms with Crippen LogP contribution in [0.3, 0.4) is 0 Å². The Morgan fingerprint density at radius 1 is 1.29 bits per heavy atom. The molecule has 21 heavy (non-hydrogen) atoms. The average Bonchev–Trinajstić information content (AvgIpc) is 2.28.